The quantitative estimate of drug-likeness (QED) is 0.807. The van der Waals surface area contributed by atoms with Gasteiger partial charge in [-0.25, -0.2) is 0 Å². The number of halogens is 1. The molecule has 0 aliphatic carbocycles. The van der Waals surface area contributed by atoms with Crippen molar-refractivity contribution in [2.75, 3.05) is 13.7 Å². The number of primary amides is 1. The highest BCUT2D eigenvalue weighted by Crippen LogP contribution is 2.36. The molecule has 1 rings (SSSR count). The van der Waals surface area contributed by atoms with E-state index in [2.05, 4.69) is 33.0 Å². The maximum Gasteiger partial charge on any atom is 0.255 e. The third-order valence-electron chi connectivity index (χ3n) is 3.56. The second kappa shape index (κ2) is 7.70. The van der Waals surface area contributed by atoms with Gasteiger partial charge in [0.25, 0.3) is 5.91 Å². The number of carbonyl (C=O) groups is 1. The molecule has 0 aromatic heterocycles. The lowest BCUT2D eigenvalue weighted by molar-refractivity contribution is -0.119. The van der Waals surface area contributed by atoms with Crippen LogP contribution >= 0.6 is 11.6 Å². The largest absolute Gasteiger partial charge is 0.493 e. The van der Waals surface area contributed by atoms with Crippen LogP contribution in [0.5, 0.6) is 11.5 Å². The van der Waals surface area contributed by atoms with Crippen molar-refractivity contribution in [3.8, 4) is 11.5 Å². The van der Waals surface area contributed by atoms with Gasteiger partial charge in [0.2, 0.25) is 0 Å². The van der Waals surface area contributed by atoms with E-state index in [1.54, 1.807) is 6.07 Å². The molecule has 0 saturated heterocycles. The molecule has 0 heterocycles. The fourth-order valence-corrected chi connectivity index (χ4v) is 2.02. The molecule has 1 aromatic rings. The molecule has 1 aromatic carbocycles. The van der Waals surface area contributed by atoms with Crippen LogP contribution in [0.3, 0.4) is 0 Å². The normalized spacial score (nSPS) is 12.8. The topological polar surface area (TPSA) is 73.6 Å². The lowest BCUT2D eigenvalue weighted by Gasteiger charge is -2.28. The standard InChI is InChI=1S/C16H25ClN2O3/c1-10(16(2,3)4)19-8-11-6-12(17)15(13(7-11)21-5)22-9-14(18)20/h6-7,10,19H,8-9H2,1-5H3,(H2,18,20)/t10-/m1/s1. The first-order chi connectivity index (χ1) is 10.1. The predicted molar refractivity (Wildman–Crippen MR) is 88.5 cm³/mol. The summed E-state index contributed by atoms with van der Waals surface area (Å²) in [6, 6.07) is 3.97. The lowest BCUT2D eigenvalue weighted by atomic mass is 9.88. The molecule has 22 heavy (non-hydrogen) atoms. The van der Waals surface area contributed by atoms with Crippen LogP contribution in [-0.4, -0.2) is 25.7 Å². The zero-order chi connectivity index (χ0) is 16.9. The van der Waals surface area contributed by atoms with Gasteiger partial charge in [-0.2, -0.15) is 0 Å². The first-order valence-electron chi connectivity index (χ1n) is 7.16. The van der Waals surface area contributed by atoms with Crippen molar-refractivity contribution >= 4 is 17.5 Å². The summed E-state index contributed by atoms with van der Waals surface area (Å²) in [5.41, 5.74) is 6.22. The number of hydrogen-bond donors (Lipinski definition) is 2. The third-order valence-corrected chi connectivity index (χ3v) is 3.84. The Balaban J connectivity index is 2.86. The number of benzene rings is 1. The Bertz CT molecular complexity index is 527. The molecular formula is C16H25ClN2O3. The highest BCUT2D eigenvalue weighted by molar-refractivity contribution is 6.32. The van der Waals surface area contributed by atoms with Gasteiger partial charge in [-0.15, -0.1) is 0 Å². The number of amides is 1. The number of hydrogen-bond acceptors (Lipinski definition) is 4. The van der Waals surface area contributed by atoms with Crippen molar-refractivity contribution in [2.24, 2.45) is 11.1 Å². The Labute approximate surface area is 137 Å². The van der Waals surface area contributed by atoms with Crippen LogP contribution in [0, 0.1) is 5.41 Å². The minimum atomic E-state index is -0.567. The number of rotatable bonds is 7. The summed E-state index contributed by atoms with van der Waals surface area (Å²) in [7, 11) is 1.53. The maximum absolute atomic E-state index is 10.8. The number of nitrogens with one attached hydrogen (secondary N) is 1. The molecule has 0 bridgehead atoms. The summed E-state index contributed by atoms with van der Waals surface area (Å²) in [5.74, 6) is 0.243. The zero-order valence-corrected chi connectivity index (χ0v) is 14.6. The van der Waals surface area contributed by atoms with E-state index in [4.69, 9.17) is 26.8 Å². The van der Waals surface area contributed by atoms with Crippen molar-refractivity contribution in [2.45, 2.75) is 40.3 Å². The Morgan fingerprint density at radius 1 is 1.41 bits per heavy atom. The van der Waals surface area contributed by atoms with Gasteiger partial charge in [0.05, 0.1) is 12.1 Å². The van der Waals surface area contributed by atoms with E-state index in [9.17, 15) is 4.79 Å². The van der Waals surface area contributed by atoms with Gasteiger partial charge < -0.3 is 20.5 Å². The number of carbonyl (C=O) groups excluding carboxylic acids is 1. The van der Waals surface area contributed by atoms with Crippen molar-refractivity contribution in [3.05, 3.63) is 22.7 Å². The van der Waals surface area contributed by atoms with E-state index < -0.39 is 5.91 Å². The maximum atomic E-state index is 10.8. The zero-order valence-electron chi connectivity index (χ0n) is 13.8. The molecular weight excluding hydrogens is 304 g/mol. The predicted octanol–water partition coefficient (Wildman–Crippen LogP) is 2.74. The van der Waals surface area contributed by atoms with E-state index in [1.165, 1.54) is 7.11 Å². The molecule has 6 heteroatoms. The highest BCUT2D eigenvalue weighted by Gasteiger charge is 2.20. The van der Waals surface area contributed by atoms with E-state index in [0.29, 0.717) is 29.1 Å². The lowest BCUT2D eigenvalue weighted by Crippen LogP contribution is -2.37. The third kappa shape index (κ3) is 5.39. The van der Waals surface area contributed by atoms with Crippen molar-refractivity contribution in [1.29, 1.82) is 0 Å². The average molecular weight is 329 g/mol. The molecule has 0 radical (unpaired) electrons. The van der Waals surface area contributed by atoms with Gasteiger partial charge >= 0.3 is 0 Å². The number of ether oxygens (including phenoxy) is 2. The van der Waals surface area contributed by atoms with Gasteiger partial charge in [-0.3, -0.25) is 4.79 Å². The minimum Gasteiger partial charge on any atom is -0.493 e. The molecule has 3 N–H and O–H groups in total. The molecule has 1 amide bonds. The highest BCUT2D eigenvalue weighted by atomic mass is 35.5. The Morgan fingerprint density at radius 2 is 2.05 bits per heavy atom. The van der Waals surface area contributed by atoms with Crippen LogP contribution in [-0.2, 0) is 11.3 Å². The molecule has 0 aliphatic heterocycles. The molecule has 1 atom stereocenters. The van der Waals surface area contributed by atoms with Crippen LogP contribution in [0.15, 0.2) is 12.1 Å². The molecule has 0 saturated carbocycles. The van der Waals surface area contributed by atoms with Gasteiger partial charge in [-0.05, 0) is 30.0 Å². The van der Waals surface area contributed by atoms with Gasteiger partial charge in [-0.1, -0.05) is 32.4 Å². The van der Waals surface area contributed by atoms with E-state index >= 15 is 0 Å². The van der Waals surface area contributed by atoms with Crippen LogP contribution < -0.4 is 20.5 Å². The number of nitrogens with two attached hydrogens (primary N) is 1. The van der Waals surface area contributed by atoms with Crippen molar-refractivity contribution in [3.63, 3.8) is 0 Å². The second-order valence-electron chi connectivity index (χ2n) is 6.33. The van der Waals surface area contributed by atoms with Crippen LogP contribution in [0.25, 0.3) is 0 Å². The summed E-state index contributed by atoms with van der Waals surface area (Å²) < 4.78 is 10.6. The van der Waals surface area contributed by atoms with Crippen LogP contribution in [0.2, 0.25) is 5.02 Å². The summed E-state index contributed by atoms with van der Waals surface area (Å²) >= 11 is 6.22. The summed E-state index contributed by atoms with van der Waals surface area (Å²) in [5, 5.41) is 3.85. The summed E-state index contributed by atoms with van der Waals surface area (Å²) in [4.78, 5) is 10.8. The second-order valence-corrected chi connectivity index (χ2v) is 6.74. The summed E-state index contributed by atoms with van der Waals surface area (Å²) in [6.07, 6.45) is 0. The van der Waals surface area contributed by atoms with E-state index in [1.807, 2.05) is 6.07 Å². The minimum absolute atomic E-state index is 0.165. The van der Waals surface area contributed by atoms with E-state index in [-0.39, 0.29) is 12.0 Å². The van der Waals surface area contributed by atoms with Crippen molar-refractivity contribution in [1.82, 2.24) is 5.32 Å². The number of methoxy groups -OCH3 is 1. The van der Waals surface area contributed by atoms with Crippen LogP contribution in [0.1, 0.15) is 33.3 Å². The molecule has 0 fully saturated rings. The molecule has 5 nitrogen and oxygen atoms in total. The average Bonchev–Trinajstić information content (AvgIpc) is 2.41. The van der Waals surface area contributed by atoms with Gasteiger partial charge in [0, 0.05) is 12.6 Å². The first kappa shape index (κ1) is 18.6. The molecule has 0 spiro atoms. The van der Waals surface area contributed by atoms with Gasteiger partial charge in [0.15, 0.2) is 18.1 Å². The van der Waals surface area contributed by atoms with Gasteiger partial charge in [0.1, 0.15) is 0 Å². The molecule has 124 valence electrons. The fraction of sp³-hybridized carbons (Fsp3) is 0.562. The SMILES string of the molecule is COc1cc(CN[C@H](C)C(C)(C)C)cc(Cl)c1OCC(N)=O. The van der Waals surface area contributed by atoms with Crippen LogP contribution in [0.4, 0.5) is 0 Å². The molecule has 0 aliphatic rings. The van der Waals surface area contributed by atoms with Crippen molar-refractivity contribution < 1.29 is 14.3 Å². The monoisotopic (exact) mass is 328 g/mol. The smallest absolute Gasteiger partial charge is 0.255 e. The van der Waals surface area contributed by atoms with E-state index in [0.717, 1.165) is 5.56 Å². The molecule has 0 unspecified atom stereocenters. The summed E-state index contributed by atoms with van der Waals surface area (Å²) in [6.45, 7) is 9.10. The first-order valence-corrected chi connectivity index (χ1v) is 7.53. The fourth-order valence-electron chi connectivity index (χ4n) is 1.74. The Hall–Kier alpha value is -1.46. The Morgan fingerprint density at radius 3 is 2.55 bits per heavy atom. The Kier molecular flexibility index (Phi) is 6.50.